The fourth-order valence-corrected chi connectivity index (χ4v) is 2.51. The van der Waals surface area contributed by atoms with Crippen LogP contribution in [0.15, 0.2) is 0 Å². The minimum atomic E-state index is -0.846. The van der Waals surface area contributed by atoms with E-state index in [1.54, 1.807) is 6.92 Å². The van der Waals surface area contributed by atoms with Crippen molar-refractivity contribution in [1.82, 2.24) is 0 Å². The number of nitrogens with zero attached hydrogens (tertiary/aromatic N) is 1. The summed E-state index contributed by atoms with van der Waals surface area (Å²) in [5, 5.41) is 18.8. The smallest absolute Gasteiger partial charge is 0.306 e. The van der Waals surface area contributed by atoms with E-state index in [1.807, 2.05) is 0 Å². The molecule has 2 saturated heterocycles. The number of aliphatic hydroxyl groups excluding tert-OH is 1. The van der Waals surface area contributed by atoms with Gasteiger partial charge in [-0.1, -0.05) is 0 Å². The van der Waals surface area contributed by atoms with E-state index in [4.69, 9.17) is 14.2 Å². The molecule has 0 aromatic carbocycles. The van der Waals surface area contributed by atoms with E-state index >= 15 is 0 Å². The first-order valence-electron chi connectivity index (χ1n) is 6.89. The Hall–Kier alpha value is -1.45. The van der Waals surface area contributed by atoms with E-state index in [0.29, 0.717) is 12.8 Å². The van der Waals surface area contributed by atoms with Gasteiger partial charge in [-0.05, 0) is 19.8 Å². The molecule has 9 heteroatoms. The van der Waals surface area contributed by atoms with Crippen LogP contribution in [0.25, 0.3) is 0 Å². The van der Waals surface area contributed by atoms with Crippen molar-refractivity contribution in [3.8, 4) is 0 Å². The van der Waals surface area contributed by atoms with Gasteiger partial charge in [0.25, 0.3) is 5.09 Å². The first kappa shape index (κ1) is 15.9. The van der Waals surface area contributed by atoms with Crippen LogP contribution < -0.4 is 0 Å². The Bertz CT molecular complexity index is 389. The number of fused-ring (bicyclic) bond motifs is 1. The SMILES string of the molecule is C[C@H](CCCC(=O)O[C@@H]1CO[C@H]2[C@@H]1OC[C@H]2O)O[N+](=O)[O-]. The zero-order chi connectivity index (χ0) is 15.4. The van der Waals surface area contributed by atoms with Crippen LogP contribution in [0.1, 0.15) is 26.2 Å². The number of carbonyl (C=O) groups is 1. The maximum atomic E-state index is 11.7. The molecule has 5 atom stereocenters. The Balaban J connectivity index is 1.65. The minimum absolute atomic E-state index is 0.141. The molecule has 1 N–H and O–H groups in total. The summed E-state index contributed by atoms with van der Waals surface area (Å²) in [6.45, 7) is 1.95. The van der Waals surface area contributed by atoms with Gasteiger partial charge < -0.3 is 24.2 Å². The lowest BCUT2D eigenvalue weighted by atomic mass is 10.1. The van der Waals surface area contributed by atoms with Crippen LogP contribution in [-0.4, -0.2) is 59.9 Å². The van der Waals surface area contributed by atoms with Crippen molar-refractivity contribution >= 4 is 5.97 Å². The fourth-order valence-electron chi connectivity index (χ4n) is 2.51. The molecular weight excluding hydrogens is 286 g/mol. The van der Waals surface area contributed by atoms with Crippen LogP contribution in [0.4, 0.5) is 0 Å². The summed E-state index contributed by atoms with van der Waals surface area (Å²) in [7, 11) is 0. The van der Waals surface area contributed by atoms with E-state index in [0.717, 1.165) is 0 Å². The van der Waals surface area contributed by atoms with Gasteiger partial charge in [0.15, 0.2) is 6.10 Å². The lowest BCUT2D eigenvalue weighted by Gasteiger charge is -2.16. The molecule has 0 spiro atoms. The highest BCUT2D eigenvalue weighted by Crippen LogP contribution is 2.29. The number of hydrogen-bond donors (Lipinski definition) is 1. The van der Waals surface area contributed by atoms with Gasteiger partial charge >= 0.3 is 5.97 Å². The number of hydrogen-bond acceptors (Lipinski definition) is 8. The Kier molecular flexibility index (Phi) is 5.32. The fraction of sp³-hybridized carbons (Fsp3) is 0.917. The van der Waals surface area contributed by atoms with Crippen LogP contribution in [0.2, 0.25) is 0 Å². The van der Waals surface area contributed by atoms with Crippen molar-refractivity contribution < 1.29 is 34.0 Å². The molecule has 0 aromatic rings. The Labute approximate surface area is 121 Å². The first-order chi connectivity index (χ1) is 9.97. The largest absolute Gasteiger partial charge is 0.457 e. The minimum Gasteiger partial charge on any atom is -0.457 e. The molecule has 0 aliphatic carbocycles. The molecule has 2 heterocycles. The van der Waals surface area contributed by atoms with Crippen molar-refractivity contribution in [2.24, 2.45) is 0 Å². The summed E-state index contributed by atoms with van der Waals surface area (Å²) in [5.74, 6) is -0.414. The van der Waals surface area contributed by atoms with Crippen molar-refractivity contribution in [2.75, 3.05) is 13.2 Å². The predicted molar refractivity (Wildman–Crippen MR) is 66.8 cm³/mol. The standard InChI is InChI=1S/C12H19NO8/c1-7(21-13(16)17)3-2-4-10(15)20-9-6-19-11-8(14)5-18-12(9)11/h7-9,11-12,14H,2-6H2,1H3/t7-,8-,9-,11-,12-/m1/s1. The van der Waals surface area contributed by atoms with Crippen LogP contribution >= 0.6 is 0 Å². The van der Waals surface area contributed by atoms with Gasteiger partial charge in [0.1, 0.15) is 24.4 Å². The number of ether oxygens (including phenoxy) is 3. The topological polar surface area (TPSA) is 117 Å². The Morgan fingerprint density at radius 1 is 1.43 bits per heavy atom. The number of carbonyl (C=O) groups excluding carboxylic acids is 1. The summed E-state index contributed by atoms with van der Waals surface area (Å²) < 4.78 is 15.9. The number of esters is 1. The van der Waals surface area contributed by atoms with Crippen LogP contribution in [0, 0.1) is 10.1 Å². The molecule has 2 rings (SSSR count). The highest BCUT2D eigenvalue weighted by atomic mass is 17.0. The molecule has 0 unspecified atom stereocenters. The summed E-state index contributed by atoms with van der Waals surface area (Å²) in [4.78, 5) is 26.2. The summed E-state index contributed by atoms with van der Waals surface area (Å²) in [5.41, 5.74) is 0. The third-order valence-corrected chi connectivity index (χ3v) is 3.52. The van der Waals surface area contributed by atoms with Gasteiger partial charge in [0.05, 0.1) is 13.2 Å². The lowest BCUT2D eigenvalue weighted by molar-refractivity contribution is -0.767. The van der Waals surface area contributed by atoms with E-state index in [1.165, 1.54) is 0 Å². The summed E-state index contributed by atoms with van der Waals surface area (Å²) in [6.07, 6.45) is -1.64. The highest BCUT2D eigenvalue weighted by Gasteiger charge is 2.48. The summed E-state index contributed by atoms with van der Waals surface area (Å²) >= 11 is 0. The molecule has 9 nitrogen and oxygen atoms in total. The highest BCUT2D eigenvalue weighted by molar-refractivity contribution is 5.69. The molecule has 2 fully saturated rings. The van der Waals surface area contributed by atoms with Crippen LogP contribution in [-0.2, 0) is 23.8 Å². The molecule has 0 radical (unpaired) electrons. The second-order valence-electron chi connectivity index (χ2n) is 5.22. The maximum Gasteiger partial charge on any atom is 0.306 e. The van der Waals surface area contributed by atoms with Crippen LogP contribution in [0.3, 0.4) is 0 Å². The molecule has 2 aliphatic rings. The number of rotatable bonds is 7. The van der Waals surface area contributed by atoms with Crippen molar-refractivity contribution in [3.63, 3.8) is 0 Å². The van der Waals surface area contributed by atoms with Crippen LogP contribution in [0.5, 0.6) is 0 Å². The van der Waals surface area contributed by atoms with Gasteiger partial charge in [-0.25, -0.2) is 0 Å². The van der Waals surface area contributed by atoms with E-state index in [2.05, 4.69) is 4.84 Å². The van der Waals surface area contributed by atoms with Gasteiger partial charge in [-0.2, -0.15) is 0 Å². The summed E-state index contributed by atoms with van der Waals surface area (Å²) in [6, 6.07) is 0. The van der Waals surface area contributed by atoms with E-state index in [9.17, 15) is 20.0 Å². The van der Waals surface area contributed by atoms with Gasteiger partial charge in [0, 0.05) is 6.42 Å². The monoisotopic (exact) mass is 305 g/mol. The molecule has 120 valence electrons. The third kappa shape index (κ3) is 4.26. The van der Waals surface area contributed by atoms with Gasteiger partial charge in [-0.3, -0.25) is 4.79 Å². The maximum absolute atomic E-state index is 11.7. The molecule has 0 bridgehead atoms. The second-order valence-corrected chi connectivity index (χ2v) is 5.22. The van der Waals surface area contributed by atoms with E-state index < -0.39 is 41.6 Å². The van der Waals surface area contributed by atoms with Crippen molar-refractivity contribution in [2.45, 2.75) is 56.7 Å². The molecular formula is C12H19NO8. The van der Waals surface area contributed by atoms with Gasteiger partial charge in [-0.15, -0.1) is 10.1 Å². The molecule has 21 heavy (non-hydrogen) atoms. The second kappa shape index (κ2) is 7.01. The molecule has 0 amide bonds. The van der Waals surface area contributed by atoms with Crippen molar-refractivity contribution in [1.29, 1.82) is 0 Å². The zero-order valence-electron chi connectivity index (χ0n) is 11.7. The average molecular weight is 305 g/mol. The molecule has 2 aliphatic heterocycles. The third-order valence-electron chi connectivity index (χ3n) is 3.52. The van der Waals surface area contributed by atoms with Gasteiger partial charge in [0.2, 0.25) is 0 Å². The zero-order valence-corrected chi connectivity index (χ0v) is 11.7. The average Bonchev–Trinajstić information content (AvgIpc) is 2.93. The molecule has 0 saturated carbocycles. The molecule has 0 aromatic heterocycles. The normalized spacial score (nSPS) is 32.5. The predicted octanol–water partition coefficient (Wildman–Crippen LogP) is -0.176. The quantitative estimate of drug-likeness (QED) is 0.391. The Morgan fingerprint density at radius 2 is 2.14 bits per heavy atom. The first-order valence-corrected chi connectivity index (χ1v) is 6.89. The number of aliphatic hydroxyl groups is 1. The Morgan fingerprint density at radius 3 is 2.86 bits per heavy atom. The van der Waals surface area contributed by atoms with E-state index in [-0.39, 0.29) is 19.6 Å². The lowest BCUT2D eigenvalue weighted by Crippen LogP contribution is -2.34. The van der Waals surface area contributed by atoms with Crippen molar-refractivity contribution in [3.05, 3.63) is 10.1 Å².